The summed E-state index contributed by atoms with van der Waals surface area (Å²) in [6, 6.07) is 1.89. The maximum Gasteiger partial charge on any atom is 0.131 e. The third-order valence-corrected chi connectivity index (χ3v) is 2.76. The van der Waals surface area contributed by atoms with E-state index in [9.17, 15) is 0 Å². The molecule has 1 heterocycles. The molecule has 0 aliphatic heterocycles. The summed E-state index contributed by atoms with van der Waals surface area (Å²) in [4.78, 5) is 7.68. The van der Waals surface area contributed by atoms with Crippen molar-refractivity contribution in [3.63, 3.8) is 0 Å². The van der Waals surface area contributed by atoms with Gasteiger partial charge in [-0.25, -0.2) is 4.98 Å². The van der Waals surface area contributed by atoms with Crippen LogP contribution in [-0.2, 0) is 5.41 Å². The van der Waals surface area contributed by atoms with E-state index >= 15 is 0 Å². The molecular formula is C13H23N3S. The second-order valence-corrected chi connectivity index (χ2v) is 5.78. The smallest absolute Gasteiger partial charge is 0.131 e. The monoisotopic (exact) mass is 253 g/mol. The van der Waals surface area contributed by atoms with Crippen molar-refractivity contribution < 1.29 is 0 Å². The number of hydrogen-bond acceptors (Lipinski definition) is 3. The van der Waals surface area contributed by atoms with E-state index in [2.05, 4.69) is 43.0 Å². The molecule has 0 aliphatic rings. The summed E-state index contributed by atoms with van der Waals surface area (Å²) in [5.74, 6) is 1.91. The Labute approximate surface area is 109 Å². The molecule has 1 aromatic heterocycles. The molecule has 2 N–H and O–H groups in total. The van der Waals surface area contributed by atoms with E-state index in [0.29, 0.717) is 4.64 Å². The van der Waals surface area contributed by atoms with Gasteiger partial charge < -0.3 is 10.3 Å². The first-order valence-electron chi connectivity index (χ1n) is 6.29. The largest absolute Gasteiger partial charge is 0.372 e. The fourth-order valence-electron chi connectivity index (χ4n) is 1.51. The molecule has 96 valence electrons. The van der Waals surface area contributed by atoms with Gasteiger partial charge >= 0.3 is 0 Å². The van der Waals surface area contributed by atoms with Crippen LogP contribution < -0.4 is 5.32 Å². The van der Waals surface area contributed by atoms with E-state index in [4.69, 9.17) is 12.2 Å². The summed E-state index contributed by atoms with van der Waals surface area (Å²) in [6.07, 6.45) is 3.68. The summed E-state index contributed by atoms with van der Waals surface area (Å²) in [5.41, 5.74) is -0.00529. The zero-order valence-corrected chi connectivity index (χ0v) is 12.1. The van der Waals surface area contributed by atoms with Gasteiger partial charge in [0.25, 0.3) is 0 Å². The zero-order chi connectivity index (χ0) is 12.9. The van der Waals surface area contributed by atoms with Crippen LogP contribution in [0.1, 0.15) is 52.8 Å². The van der Waals surface area contributed by atoms with Crippen molar-refractivity contribution in [3.05, 3.63) is 16.5 Å². The molecule has 0 aromatic carbocycles. The van der Waals surface area contributed by atoms with Crippen LogP contribution >= 0.6 is 12.2 Å². The van der Waals surface area contributed by atoms with Gasteiger partial charge in [0.15, 0.2) is 0 Å². The standard InChI is InChI=1S/C13H23N3S/c1-5-6-7-8-14-10-9-11(17)16-12(15-10)13(2,3)4/h9H,5-8H2,1-4H3,(H2,14,15,16,17). The molecule has 0 saturated heterocycles. The van der Waals surface area contributed by atoms with Gasteiger partial charge in [-0.3, -0.25) is 0 Å². The van der Waals surface area contributed by atoms with Crippen LogP contribution in [0.25, 0.3) is 0 Å². The van der Waals surface area contributed by atoms with Gasteiger partial charge in [-0.2, -0.15) is 0 Å². The summed E-state index contributed by atoms with van der Waals surface area (Å²) in [7, 11) is 0. The molecule has 17 heavy (non-hydrogen) atoms. The van der Waals surface area contributed by atoms with Crippen molar-refractivity contribution in [2.24, 2.45) is 0 Å². The summed E-state index contributed by atoms with van der Waals surface area (Å²) >= 11 is 5.19. The minimum Gasteiger partial charge on any atom is -0.372 e. The van der Waals surface area contributed by atoms with Crippen LogP contribution in [0.15, 0.2) is 6.07 Å². The lowest BCUT2D eigenvalue weighted by molar-refractivity contribution is 0.544. The molecule has 1 aromatic rings. The highest BCUT2D eigenvalue weighted by Gasteiger charge is 2.16. The van der Waals surface area contributed by atoms with Crippen LogP contribution in [0.4, 0.5) is 5.82 Å². The quantitative estimate of drug-likeness (QED) is 0.614. The number of hydrogen-bond donors (Lipinski definition) is 2. The first-order chi connectivity index (χ1) is 7.93. The molecule has 3 nitrogen and oxygen atoms in total. The average molecular weight is 253 g/mol. The van der Waals surface area contributed by atoms with Gasteiger partial charge in [0.1, 0.15) is 16.3 Å². The Balaban J connectivity index is 2.73. The number of rotatable bonds is 5. The van der Waals surface area contributed by atoms with Crippen LogP contribution in [0, 0.1) is 4.64 Å². The van der Waals surface area contributed by atoms with Gasteiger partial charge in [0.05, 0.1) is 0 Å². The van der Waals surface area contributed by atoms with E-state index < -0.39 is 0 Å². The minimum absolute atomic E-state index is 0.00529. The topological polar surface area (TPSA) is 40.7 Å². The van der Waals surface area contributed by atoms with Gasteiger partial charge in [0.2, 0.25) is 0 Å². The maximum absolute atomic E-state index is 5.19. The Bertz CT molecular complexity index is 404. The highest BCUT2D eigenvalue weighted by molar-refractivity contribution is 7.71. The van der Waals surface area contributed by atoms with E-state index in [1.54, 1.807) is 0 Å². The lowest BCUT2D eigenvalue weighted by Crippen LogP contribution is -2.17. The number of aromatic nitrogens is 2. The van der Waals surface area contributed by atoms with E-state index in [-0.39, 0.29) is 5.41 Å². The van der Waals surface area contributed by atoms with Crippen molar-refractivity contribution in [1.82, 2.24) is 9.97 Å². The Hall–Kier alpha value is -0.900. The van der Waals surface area contributed by atoms with Crippen molar-refractivity contribution in [3.8, 4) is 0 Å². The molecule has 4 heteroatoms. The van der Waals surface area contributed by atoms with Crippen LogP contribution in [0.5, 0.6) is 0 Å². The Morgan fingerprint density at radius 3 is 2.65 bits per heavy atom. The Kier molecular flexibility index (Phi) is 5.12. The molecular weight excluding hydrogens is 230 g/mol. The van der Waals surface area contributed by atoms with Gasteiger partial charge in [-0.15, -0.1) is 0 Å². The molecule has 0 fully saturated rings. The fraction of sp³-hybridized carbons (Fsp3) is 0.692. The highest BCUT2D eigenvalue weighted by Crippen LogP contribution is 2.19. The van der Waals surface area contributed by atoms with Crippen LogP contribution in [-0.4, -0.2) is 16.5 Å². The summed E-state index contributed by atoms with van der Waals surface area (Å²) in [5, 5.41) is 3.37. The van der Waals surface area contributed by atoms with Crippen LogP contribution in [0.3, 0.4) is 0 Å². The molecule has 0 radical (unpaired) electrons. The number of nitrogens with zero attached hydrogens (tertiary/aromatic N) is 1. The first kappa shape index (κ1) is 14.2. The third-order valence-electron chi connectivity index (χ3n) is 2.55. The number of nitrogens with one attached hydrogen (secondary N) is 2. The van der Waals surface area contributed by atoms with Crippen molar-refractivity contribution in [2.75, 3.05) is 11.9 Å². The Morgan fingerprint density at radius 1 is 1.35 bits per heavy atom. The molecule has 0 aliphatic carbocycles. The van der Waals surface area contributed by atoms with Gasteiger partial charge in [0, 0.05) is 18.0 Å². The Morgan fingerprint density at radius 2 is 2.06 bits per heavy atom. The lowest BCUT2D eigenvalue weighted by atomic mass is 9.96. The van der Waals surface area contributed by atoms with Gasteiger partial charge in [-0.05, 0) is 6.42 Å². The lowest BCUT2D eigenvalue weighted by Gasteiger charge is -2.18. The van der Waals surface area contributed by atoms with E-state index in [1.807, 2.05) is 6.07 Å². The second-order valence-electron chi connectivity index (χ2n) is 5.37. The minimum atomic E-state index is -0.00529. The predicted octanol–water partition coefficient (Wildman–Crippen LogP) is 4.04. The zero-order valence-electron chi connectivity index (χ0n) is 11.3. The molecule has 0 spiro atoms. The fourth-order valence-corrected chi connectivity index (χ4v) is 1.72. The van der Waals surface area contributed by atoms with Crippen molar-refractivity contribution in [2.45, 2.75) is 52.4 Å². The van der Waals surface area contributed by atoms with Crippen molar-refractivity contribution in [1.29, 1.82) is 0 Å². The summed E-state index contributed by atoms with van der Waals surface area (Å²) in [6.45, 7) is 9.56. The SMILES string of the molecule is CCCCCNc1cc(=S)nc(C(C)(C)C)[nH]1. The summed E-state index contributed by atoms with van der Waals surface area (Å²) < 4.78 is 0.645. The van der Waals surface area contributed by atoms with Crippen LogP contribution in [0.2, 0.25) is 0 Å². The number of aromatic amines is 1. The normalized spacial score (nSPS) is 11.5. The average Bonchev–Trinajstić information content (AvgIpc) is 2.22. The maximum atomic E-state index is 5.19. The van der Waals surface area contributed by atoms with E-state index in [1.165, 1.54) is 19.3 Å². The molecule has 0 unspecified atom stereocenters. The molecule has 0 saturated carbocycles. The molecule has 0 bridgehead atoms. The highest BCUT2D eigenvalue weighted by atomic mass is 32.1. The number of anilines is 1. The molecule has 0 amide bonds. The second kappa shape index (κ2) is 6.15. The molecule has 0 atom stereocenters. The first-order valence-corrected chi connectivity index (χ1v) is 6.70. The third kappa shape index (κ3) is 4.86. The van der Waals surface area contributed by atoms with Gasteiger partial charge in [-0.1, -0.05) is 52.8 Å². The van der Waals surface area contributed by atoms with Crippen molar-refractivity contribution >= 4 is 18.0 Å². The molecule has 1 rings (SSSR count). The predicted molar refractivity (Wildman–Crippen MR) is 76.1 cm³/mol. The van der Waals surface area contributed by atoms with E-state index in [0.717, 1.165) is 18.2 Å². The number of H-pyrrole nitrogens is 1. The number of unbranched alkanes of at least 4 members (excludes halogenated alkanes) is 2.